The molecule has 0 saturated carbocycles. The molecule has 0 aromatic carbocycles. The van der Waals surface area contributed by atoms with Crippen LogP contribution in [0.25, 0.3) is 0 Å². The van der Waals surface area contributed by atoms with Crippen LogP contribution in [-0.4, -0.2) is 65.0 Å². The van der Waals surface area contributed by atoms with E-state index in [4.69, 9.17) is 15.9 Å². The Hall–Kier alpha value is -2.69. The van der Waals surface area contributed by atoms with E-state index in [1.54, 1.807) is 6.92 Å². The number of carbonyl (C=O) groups excluding carboxylic acids is 3. The molecule has 0 radical (unpaired) electrons. The fraction of sp³-hybridized carbons (Fsp3) is 0.667. The lowest BCUT2D eigenvalue weighted by Gasteiger charge is -2.17. The number of hydrogen-bond acceptors (Lipinski definition) is 6. The number of carbonyl (C=O) groups is 5. The van der Waals surface area contributed by atoms with Gasteiger partial charge < -0.3 is 31.9 Å². The molecule has 0 bridgehead atoms. The predicted octanol–water partition coefficient (Wildman–Crippen LogP) is -1.97. The van der Waals surface area contributed by atoms with Crippen LogP contribution in [0.1, 0.15) is 33.1 Å². The summed E-state index contributed by atoms with van der Waals surface area (Å²) in [6.45, 7) is 2.79. The molecule has 3 unspecified atom stereocenters. The molecule has 7 N–H and O–H groups in total. The number of carboxylic acid groups (broad SMARTS) is 2. The first-order chi connectivity index (χ1) is 12.1. The van der Waals surface area contributed by atoms with Crippen LogP contribution in [0.15, 0.2) is 0 Å². The maximum atomic E-state index is 11.7. The summed E-state index contributed by atoms with van der Waals surface area (Å²) in [7, 11) is 0. The van der Waals surface area contributed by atoms with Crippen LogP contribution >= 0.6 is 0 Å². The minimum atomic E-state index is -1.38. The molecule has 0 heterocycles. The van der Waals surface area contributed by atoms with Gasteiger partial charge in [0.2, 0.25) is 17.7 Å². The van der Waals surface area contributed by atoms with E-state index in [9.17, 15) is 24.0 Å². The lowest BCUT2D eigenvalue weighted by atomic mass is 9.99. The molecule has 0 fully saturated rings. The van der Waals surface area contributed by atoms with Crippen molar-refractivity contribution in [3.05, 3.63) is 0 Å². The number of nitrogens with one attached hydrogen (secondary N) is 3. The molecule has 0 aromatic heterocycles. The summed E-state index contributed by atoms with van der Waals surface area (Å²) >= 11 is 0. The van der Waals surface area contributed by atoms with Gasteiger partial charge in [0.05, 0.1) is 19.1 Å². The lowest BCUT2D eigenvalue weighted by Crippen LogP contribution is -2.49. The van der Waals surface area contributed by atoms with Gasteiger partial charge in [-0.15, -0.1) is 0 Å². The van der Waals surface area contributed by atoms with E-state index in [0.29, 0.717) is 6.42 Å². The number of aliphatic carboxylic acids is 2. The van der Waals surface area contributed by atoms with Crippen molar-refractivity contribution in [3.63, 3.8) is 0 Å². The molecule has 0 aliphatic carbocycles. The van der Waals surface area contributed by atoms with Crippen molar-refractivity contribution in [1.82, 2.24) is 16.0 Å². The molecule has 148 valence electrons. The molecule has 0 saturated heterocycles. The first kappa shape index (κ1) is 23.3. The molecular formula is C15H26N4O7. The molecular weight excluding hydrogens is 348 g/mol. The van der Waals surface area contributed by atoms with Crippen molar-refractivity contribution >= 4 is 29.7 Å². The van der Waals surface area contributed by atoms with Gasteiger partial charge in [0, 0.05) is 6.42 Å². The van der Waals surface area contributed by atoms with Gasteiger partial charge in [-0.05, 0) is 12.3 Å². The molecule has 26 heavy (non-hydrogen) atoms. The summed E-state index contributed by atoms with van der Waals surface area (Å²) in [5.41, 5.74) is 5.71. The fourth-order valence-corrected chi connectivity index (χ4v) is 1.81. The van der Waals surface area contributed by atoms with Crippen molar-refractivity contribution in [2.24, 2.45) is 11.7 Å². The second-order valence-electron chi connectivity index (χ2n) is 5.80. The molecule has 0 spiro atoms. The maximum Gasteiger partial charge on any atom is 0.326 e. The summed E-state index contributed by atoms with van der Waals surface area (Å²) in [6, 6.07) is -2.12. The maximum absolute atomic E-state index is 11.7. The Morgan fingerprint density at radius 2 is 1.58 bits per heavy atom. The molecule has 0 aliphatic rings. The summed E-state index contributed by atoms with van der Waals surface area (Å²) < 4.78 is 0. The minimum Gasteiger partial charge on any atom is -0.481 e. The van der Waals surface area contributed by atoms with Crippen LogP contribution in [0, 0.1) is 5.92 Å². The van der Waals surface area contributed by atoms with E-state index in [1.807, 2.05) is 6.92 Å². The molecule has 11 heteroatoms. The fourth-order valence-electron chi connectivity index (χ4n) is 1.81. The SMILES string of the molecule is CCC(C)C(N)C(=O)NCC(=O)NCC(=O)NC(CCC(=O)O)C(=O)O. The quantitative estimate of drug-likeness (QED) is 0.227. The van der Waals surface area contributed by atoms with Gasteiger partial charge >= 0.3 is 11.9 Å². The van der Waals surface area contributed by atoms with Crippen LogP contribution in [0.4, 0.5) is 0 Å². The van der Waals surface area contributed by atoms with Crippen molar-refractivity contribution in [1.29, 1.82) is 0 Å². The van der Waals surface area contributed by atoms with Crippen molar-refractivity contribution in [2.75, 3.05) is 13.1 Å². The van der Waals surface area contributed by atoms with E-state index in [-0.39, 0.29) is 18.9 Å². The molecule has 0 aliphatic heterocycles. The van der Waals surface area contributed by atoms with Crippen LogP contribution in [0.3, 0.4) is 0 Å². The first-order valence-electron chi connectivity index (χ1n) is 8.12. The van der Waals surface area contributed by atoms with Gasteiger partial charge in [0.1, 0.15) is 6.04 Å². The molecule has 11 nitrogen and oxygen atoms in total. The molecule has 3 atom stereocenters. The van der Waals surface area contributed by atoms with E-state index >= 15 is 0 Å². The van der Waals surface area contributed by atoms with E-state index in [1.165, 1.54) is 0 Å². The normalized spacial score (nSPS) is 13.8. The highest BCUT2D eigenvalue weighted by atomic mass is 16.4. The summed E-state index contributed by atoms with van der Waals surface area (Å²) in [6.07, 6.45) is -0.00638. The highest BCUT2D eigenvalue weighted by Crippen LogP contribution is 2.04. The molecule has 0 aromatic rings. The number of rotatable bonds is 12. The average Bonchev–Trinajstić information content (AvgIpc) is 2.59. The highest BCUT2D eigenvalue weighted by molar-refractivity contribution is 5.90. The van der Waals surface area contributed by atoms with Crippen LogP contribution in [-0.2, 0) is 24.0 Å². The topological polar surface area (TPSA) is 188 Å². The zero-order chi connectivity index (χ0) is 20.3. The number of carboxylic acids is 2. The van der Waals surface area contributed by atoms with Gasteiger partial charge in [0.15, 0.2) is 0 Å². The van der Waals surface area contributed by atoms with Crippen molar-refractivity contribution in [2.45, 2.75) is 45.2 Å². The van der Waals surface area contributed by atoms with Gasteiger partial charge in [-0.3, -0.25) is 19.2 Å². The van der Waals surface area contributed by atoms with Crippen LogP contribution in [0.5, 0.6) is 0 Å². The summed E-state index contributed by atoms with van der Waals surface area (Å²) in [5.74, 6) is -4.55. The predicted molar refractivity (Wildman–Crippen MR) is 89.9 cm³/mol. The summed E-state index contributed by atoms with van der Waals surface area (Å²) in [5, 5.41) is 24.1. The zero-order valence-electron chi connectivity index (χ0n) is 14.8. The van der Waals surface area contributed by atoms with E-state index in [0.717, 1.165) is 0 Å². The second-order valence-corrected chi connectivity index (χ2v) is 5.80. The monoisotopic (exact) mass is 374 g/mol. The average molecular weight is 374 g/mol. The number of hydrogen-bond donors (Lipinski definition) is 6. The number of nitrogens with two attached hydrogens (primary N) is 1. The number of amides is 3. The van der Waals surface area contributed by atoms with Gasteiger partial charge in [-0.2, -0.15) is 0 Å². The minimum absolute atomic E-state index is 0.0532. The Bertz CT molecular complexity index is 538. The third-order valence-electron chi connectivity index (χ3n) is 3.71. The highest BCUT2D eigenvalue weighted by Gasteiger charge is 2.22. The zero-order valence-corrected chi connectivity index (χ0v) is 14.8. The van der Waals surface area contributed by atoms with Crippen molar-refractivity contribution in [3.8, 4) is 0 Å². The Labute approximate surface area is 150 Å². The standard InChI is InChI=1S/C15H26N4O7/c1-3-8(2)13(16)14(24)18-6-10(20)17-7-11(21)19-9(15(25)26)4-5-12(22)23/h8-9,13H,3-7,16H2,1-2H3,(H,17,20)(H,18,24)(H,19,21)(H,22,23)(H,25,26). The van der Waals surface area contributed by atoms with E-state index in [2.05, 4.69) is 16.0 Å². The second kappa shape index (κ2) is 11.8. The van der Waals surface area contributed by atoms with E-state index < -0.39 is 54.7 Å². The lowest BCUT2D eigenvalue weighted by molar-refractivity contribution is -0.143. The third-order valence-corrected chi connectivity index (χ3v) is 3.71. The Kier molecular flexibility index (Phi) is 10.6. The van der Waals surface area contributed by atoms with Gasteiger partial charge in [-0.25, -0.2) is 4.79 Å². The largest absolute Gasteiger partial charge is 0.481 e. The Morgan fingerprint density at radius 1 is 1.00 bits per heavy atom. The first-order valence-corrected chi connectivity index (χ1v) is 8.12. The van der Waals surface area contributed by atoms with Crippen molar-refractivity contribution < 1.29 is 34.2 Å². The molecule has 0 rings (SSSR count). The Morgan fingerprint density at radius 3 is 2.08 bits per heavy atom. The van der Waals surface area contributed by atoms with Crippen LogP contribution < -0.4 is 21.7 Å². The smallest absolute Gasteiger partial charge is 0.326 e. The third kappa shape index (κ3) is 9.57. The summed E-state index contributed by atoms with van der Waals surface area (Å²) in [4.78, 5) is 56.4. The van der Waals surface area contributed by atoms with Gasteiger partial charge in [0.25, 0.3) is 0 Å². The van der Waals surface area contributed by atoms with Gasteiger partial charge in [-0.1, -0.05) is 20.3 Å². The molecule has 3 amide bonds. The van der Waals surface area contributed by atoms with Crippen LogP contribution in [0.2, 0.25) is 0 Å². The Balaban J connectivity index is 4.24.